The van der Waals surface area contributed by atoms with Crippen molar-refractivity contribution in [1.82, 2.24) is 35.0 Å². The quantitative estimate of drug-likeness (QED) is 0.384. The van der Waals surface area contributed by atoms with Crippen LogP contribution in [0.15, 0.2) is 47.3 Å². The monoisotopic (exact) mass is 531 g/mol. The van der Waals surface area contributed by atoms with E-state index >= 15 is 0 Å². The molecule has 1 aliphatic heterocycles. The van der Waals surface area contributed by atoms with Crippen molar-refractivity contribution in [1.29, 1.82) is 0 Å². The molecular weight excluding hydrogens is 498 g/mol. The number of piperazine rings is 1. The van der Waals surface area contributed by atoms with Crippen LogP contribution in [0, 0.1) is 13.8 Å². The number of H-pyrrole nitrogens is 1. The number of halogens is 1. The number of hydrogen-bond donors (Lipinski definition) is 1. The van der Waals surface area contributed by atoms with E-state index in [1.165, 1.54) is 24.0 Å². The second-order valence-electron chi connectivity index (χ2n) is 10.9. The zero-order chi connectivity index (χ0) is 26.2. The van der Waals surface area contributed by atoms with Crippen LogP contribution in [0.25, 0.3) is 10.9 Å². The Labute approximate surface area is 227 Å². The summed E-state index contributed by atoms with van der Waals surface area (Å²) in [6.07, 6.45) is 4.53. The molecule has 2 aliphatic rings. The fourth-order valence-electron chi connectivity index (χ4n) is 6.22. The number of aryl methyl sites for hydroxylation is 2. The van der Waals surface area contributed by atoms with Crippen molar-refractivity contribution >= 4 is 22.5 Å². The topological polar surface area (TPSA) is 82.9 Å². The summed E-state index contributed by atoms with van der Waals surface area (Å²) in [7, 11) is 0. The van der Waals surface area contributed by atoms with Crippen LogP contribution in [0.1, 0.15) is 65.8 Å². The van der Waals surface area contributed by atoms with E-state index in [2.05, 4.69) is 67.6 Å². The van der Waals surface area contributed by atoms with Crippen molar-refractivity contribution in [3.63, 3.8) is 0 Å². The van der Waals surface area contributed by atoms with Gasteiger partial charge in [0.1, 0.15) is 6.04 Å². The SMILES string of the molecule is Cc1cc(C)c2[nH]c(=O)c(C(c3nnnn3C3CCCC3)N3CCN(Cc4ccc(Cl)cc4)CC3)cc2c1. The molecule has 4 aromatic rings. The van der Waals surface area contributed by atoms with Gasteiger partial charge in [0.05, 0.1) is 11.6 Å². The number of fused-ring (bicyclic) bond motifs is 1. The Balaban J connectivity index is 1.35. The zero-order valence-corrected chi connectivity index (χ0v) is 22.8. The Morgan fingerprint density at radius 1 is 1.03 bits per heavy atom. The molecule has 0 bridgehead atoms. The lowest BCUT2D eigenvalue weighted by Crippen LogP contribution is -2.48. The predicted octanol–water partition coefficient (Wildman–Crippen LogP) is 4.81. The first-order valence-electron chi connectivity index (χ1n) is 13.6. The molecule has 1 unspecified atom stereocenters. The van der Waals surface area contributed by atoms with Crippen molar-refractivity contribution in [3.8, 4) is 0 Å². The molecule has 0 radical (unpaired) electrons. The van der Waals surface area contributed by atoms with Gasteiger partial charge in [-0.3, -0.25) is 14.6 Å². The number of nitrogens with one attached hydrogen (secondary N) is 1. The Hall–Kier alpha value is -3.07. The molecule has 1 saturated carbocycles. The molecule has 0 spiro atoms. The number of benzene rings is 2. The van der Waals surface area contributed by atoms with Gasteiger partial charge in [0.25, 0.3) is 5.56 Å². The lowest BCUT2D eigenvalue weighted by Gasteiger charge is -2.39. The molecule has 198 valence electrons. The maximum absolute atomic E-state index is 13.6. The average Bonchev–Trinajstić information content (AvgIpc) is 3.60. The number of pyridine rings is 1. The molecule has 3 heterocycles. The number of nitrogens with zero attached hydrogens (tertiary/aromatic N) is 6. The Bertz CT molecular complexity index is 1480. The van der Waals surface area contributed by atoms with E-state index in [-0.39, 0.29) is 17.6 Å². The van der Waals surface area contributed by atoms with Gasteiger partial charge in [-0.25, -0.2) is 4.68 Å². The predicted molar refractivity (Wildman–Crippen MR) is 150 cm³/mol. The molecule has 38 heavy (non-hydrogen) atoms. The maximum Gasteiger partial charge on any atom is 0.253 e. The van der Waals surface area contributed by atoms with Crippen LogP contribution in [0.2, 0.25) is 5.02 Å². The molecule has 9 heteroatoms. The van der Waals surface area contributed by atoms with Crippen LogP contribution in [0.3, 0.4) is 0 Å². The van der Waals surface area contributed by atoms with Crippen LogP contribution < -0.4 is 5.56 Å². The summed E-state index contributed by atoms with van der Waals surface area (Å²) in [6, 6.07) is 14.4. The highest BCUT2D eigenvalue weighted by atomic mass is 35.5. The van der Waals surface area contributed by atoms with Gasteiger partial charge in [-0.15, -0.1) is 5.10 Å². The normalized spacial score (nSPS) is 18.4. The minimum atomic E-state index is -0.308. The first-order chi connectivity index (χ1) is 18.5. The standard InChI is InChI=1S/C29H34ClN7O/c1-19-15-20(2)26-22(16-19)17-25(29(38)31-26)27(28-32-33-34-37(28)24-5-3-4-6-24)36-13-11-35(12-14-36)18-21-7-9-23(30)10-8-21/h7-10,15-17,24,27H,3-6,11-14,18H2,1-2H3,(H,31,38). The van der Waals surface area contributed by atoms with Gasteiger partial charge in [0.2, 0.25) is 0 Å². The van der Waals surface area contributed by atoms with Gasteiger partial charge in [-0.1, -0.05) is 48.2 Å². The fourth-order valence-corrected chi connectivity index (χ4v) is 6.35. The summed E-state index contributed by atoms with van der Waals surface area (Å²) in [5, 5.41) is 14.9. The van der Waals surface area contributed by atoms with Crippen LogP contribution in [0.5, 0.6) is 0 Å². The van der Waals surface area contributed by atoms with Crippen molar-refractivity contribution in [2.75, 3.05) is 26.2 Å². The molecule has 0 amide bonds. The molecule has 2 aromatic heterocycles. The molecule has 1 N–H and O–H groups in total. The lowest BCUT2D eigenvalue weighted by molar-refractivity contribution is 0.0989. The number of rotatable bonds is 6. The summed E-state index contributed by atoms with van der Waals surface area (Å²) in [5.74, 6) is 0.775. The second kappa shape index (κ2) is 10.6. The fraction of sp³-hybridized carbons (Fsp3) is 0.448. The van der Waals surface area contributed by atoms with E-state index in [0.29, 0.717) is 5.56 Å². The lowest BCUT2D eigenvalue weighted by atomic mass is 10.00. The summed E-state index contributed by atoms with van der Waals surface area (Å²) in [5.41, 5.74) is 5.04. The minimum Gasteiger partial charge on any atom is -0.321 e. The van der Waals surface area contributed by atoms with Gasteiger partial charge in [-0.05, 0) is 77.9 Å². The third kappa shape index (κ3) is 5.00. The first kappa shape index (κ1) is 25.2. The van der Waals surface area contributed by atoms with E-state index in [9.17, 15) is 4.79 Å². The number of aromatic amines is 1. The highest BCUT2D eigenvalue weighted by Crippen LogP contribution is 2.34. The number of tetrazole rings is 1. The van der Waals surface area contributed by atoms with Crippen molar-refractivity contribution in [3.05, 3.63) is 85.9 Å². The smallest absolute Gasteiger partial charge is 0.253 e. The molecule has 1 aliphatic carbocycles. The van der Waals surface area contributed by atoms with E-state index in [4.69, 9.17) is 11.6 Å². The number of hydrogen-bond acceptors (Lipinski definition) is 6. The van der Waals surface area contributed by atoms with E-state index in [0.717, 1.165) is 72.9 Å². The van der Waals surface area contributed by atoms with Crippen LogP contribution >= 0.6 is 11.6 Å². The summed E-state index contributed by atoms with van der Waals surface area (Å²) >= 11 is 6.08. The summed E-state index contributed by atoms with van der Waals surface area (Å²) in [6.45, 7) is 8.45. The van der Waals surface area contributed by atoms with Crippen LogP contribution in [-0.2, 0) is 6.54 Å². The minimum absolute atomic E-state index is 0.0704. The van der Waals surface area contributed by atoms with Crippen molar-refractivity contribution in [2.24, 2.45) is 0 Å². The second-order valence-corrected chi connectivity index (χ2v) is 11.3. The van der Waals surface area contributed by atoms with Crippen LogP contribution in [-0.4, -0.2) is 61.2 Å². The molecule has 8 nitrogen and oxygen atoms in total. The van der Waals surface area contributed by atoms with Gasteiger partial charge in [0.15, 0.2) is 5.82 Å². The molecular formula is C29H34ClN7O. The third-order valence-corrected chi connectivity index (χ3v) is 8.39. The Kier molecular flexibility index (Phi) is 7.03. The Morgan fingerprint density at radius 3 is 2.50 bits per heavy atom. The molecule has 2 fully saturated rings. The molecule has 1 atom stereocenters. The molecule has 2 aromatic carbocycles. The zero-order valence-electron chi connectivity index (χ0n) is 22.0. The van der Waals surface area contributed by atoms with Crippen molar-refractivity contribution < 1.29 is 0 Å². The van der Waals surface area contributed by atoms with Gasteiger partial charge in [0, 0.05) is 43.3 Å². The average molecular weight is 532 g/mol. The molecule has 6 rings (SSSR count). The largest absolute Gasteiger partial charge is 0.321 e. The number of aromatic nitrogens is 5. The maximum atomic E-state index is 13.6. The highest BCUT2D eigenvalue weighted by molar-refractivity contribution is 6.30. The highest BCUT2D eigenvalue weighted by Gasteiger charge is 2.34. The Morgan fingerprint density at radius 2 is 1.76 bits per heavy atom. The van der Waals surface area contributed by atoms with Gasteiger partial charge < -0.3 is 4.98 Å². The van der Waals surface area contributed by atoms with Gasteiger partial charge >= 0.3 is 0 Å². The van der Waals surface area contributed by atoms with E-state index < -0.39 is 0 Å². The van der Waals surface area contributed by atoms with Crippen LogP contribution in [0.4, 0.5) is 0 Å². The third-order valence-electron chi connectivity index (χ3n) is 8.14. The molecule has 1 saturated heterocycles. The van der Waals surface area contributed by atoms with Gasteiger partial charge in [-0.2, -0.15) is 0 Å². The van der Waals surface area contributed by atoms with Crippen molar-refractivity contribution in [2.45, 2.75) is 58.2 Å². The summed E-state index contributed by atoms with van der Waals surface area (Å²) < 4.78 is 2.00. The van der Waals surface area contributed by atoms with E-state index in [1.807, 2.05) is 23.7 Å². The first-order valence-corrected chi connectivity index (χ1v) is 14.0. The summed E-state index contributed by atoms with van der Waals surface area (Å²) in [4.78, 5) is 21.7. The van der Waals surface area contributed by atoms with E-state index in [1.54, 1.807) is 0 Å².